The number of hydrogen-bond acceptors (Lipinski definition) is 1. The molecule has 0 aliphatic rings. The summed E-state index contributed by atoms with van der Waals surface area (Å²) in [4.78, 5) is 11.7. The third-order valence-corrected chi connectivity index (χ3v) is 4.64. The third kappa shape index (κ3) is 1.48. The van der Waals surface area contributed by atoms with Crippen LogP contribution in [0.15, 0.2) is 23.0 Å². The Hall–Kier alpha value is -0.501. The van der Waals surface area contributed by atoms with E-state index in [1.807, 2.05) is 22.6 Å². The molecule has 0 aliphatic heterocycles. The van der Waals surface area contributed by atoms with Crippen LogP contribution in [0.1, 0.15) is 6.92 Å². The summed E-state index contributed by atoms with van der Waals surface area (Å²) < 4.78 is 3.01. The Morgan fingerprint density at radius 3 is 3.00 bits per heavy atom. The van der Waals surface area contributed by atoms with Crippen LogP contribution in [-0.2, 0) is 6.54 Å². The normalized spacial score (nSPS) is 10.9. The van der Waals surface area contributed by atoms with Gasteiger partial charge in [0.15, 0.2) is 0 Å². The van der Waals surface area contributed by atoms with Gasteiger partial charge < -0.3 is 0 Å². The molecule has 2 rings (SSSR count). The van der Waals surface area contributed by atoms with Crippen molar-refractivity contribution < 1.29 is 0 Å². The summed E-state index contributed by atoms with van der Waals surface area (Å²) in [5.41, 5.74) is 0.125. The molecule has 0 radical (unpaired) electrons. The van der Waals surface area contributed by atoms with E-state index in [-0.39, 0.29) is 20.3 Å². The molecule has 0 atom stereocenters. The Morgan fingerprint density at radius 1 is 1.54 bits per heavy atom. The fraction of sp³-hybridized carbons (Fsp3) is 0.222. The topological polar surface area (TPSA) is 22.0 Å². The molecular weight excluding hydrogens is 253 g/mol. The summed E-state index contributed by atoms with van der Waals surface area (Å²) in [5.74, 6) is 0. The second-order valence-corrected chi connectivity index (χ2v) is 5.40. The number of hydrogen-bond donors (Lipinski definition) is 0. The summed E-state index contributed by atoms with van der Waals surface area (Å²) in [6.07, 6.45) is 0. The zero-order chi connectivity index (χ0) is 9.42. The summed E-state index contributed by atoms with van der Waals surface area (Å²) >= 11 is 5.97. The van der Waals surface area contributed by atoms with E-state index in [0.29, 0.717) is 5.02 Å². The van der Waals surface area contributed by atoms with Gasteiger partial charge in [0.25, 0.3) is 0 Å². The summed E-state index contributed by atoms with van der Waals surface area (Å²) in [5, 5.41) is 1.43. The van der Waals surface area contributed by atoms with Crippen molar-refractivity contribution in [3.05, 3.63) is 33.6 Å². The average Bonchev–Trinajstić information content (AvgIpc) is 2.44. The Bertz CT molecular complexity index is 500. The SMILES string of the molecule is CCn1[se]c2ccc(Cl)cc2c1=O. The zero-order valence-electron chi connectivity index (χ0n) is 7.08. The minimum atomic E-state index is 0.125. The summed E-state index contributed by atoms with van der Waals surface area (Å²) in [6, 6.07) is 5.55. The number of fused-ring (bicyclic) bond motifs is 1. The fourth-order valence-corrected chi connectivity index (χ4v) is 3.36. The average molecular weight is 261 g/mol. The first kappa shape index (κ1) is 9.07. The van der Waals surface area contributed by atoms with Gasteiger partial charge in [0.1, 0.15) is 0 Å². The van der Waals surface area contributed by atoms with Crippen LogP contribution in [0.4, 0.5) is 0 Å². The van der Waals surface area contributed by atoms with E-state index in [1.165, 1.54) is 0 Å². The van der Waals surface area contributed by atoms with Gasteiger partial charge in [-0.25, -0.2) is 0 Å². The van der Waals surface area contributed by atoms with Gasteiger partial charge in [-0.3, -0.25) is 0 Å². The van der Waals surface area contributed by atoms with Gasteiger partial charge in [0, 0.05) is 0 Å². The number of benzene rings is 1. The van der Waals surface area contributed by atoms with Gasteiger partial charge in [-0.1, -0.05) is 0 Å². The Labute approximate surface area is 86.7 Å². The van der Waals surface area contributed by atoms with E-state index in [1.54, 1.807) is 6.07 Å². The number of nitrogens with zero attached hydrogens (tertiary/aromatic N) is 1. The Morgan fingerprint density at radius 2 is 2.31 bits per heavy atom. The molecule has 4 heteroatoms. The van der Waals surface area contributed by atoms with Gasteiger partial charge in [-0.2, -0.15) is 0 Å². The molecule has 0 saturated heterocycles. The van der Waals surface area contributed by atoms with Gasteiger partial charge in [-0.05, 0) is 0 Å². The molecule has 0 aliphatic carbocycles. The van der Waals surface area contributed by atoms with Crippen molar-refractivity contribution in [1.29, 1.82) is 0 Å². The first-order chi connectivity index (χ1) is 6.22. The van der Waals surface area contributed by atoms with Crippen molar-refractivity contribution in [3.63, 3.8) is 0 Å². The second-order valence-electron chi connectivity index (χ2n) is 2.73. The molecule has 1 aromatic carbocycles. The number of aryl methyl sites for hydroxylation is 1. The molecule has 2 nitrogen and oxygen atoms in total. The number of aromatic nitrogens is 1. The van der Waals surface area contributed by atoms with Gasteiger partial charge in [0.2, 0.25) is 0 Å². The molecule has 0 amide bonds. The minimum absolute atomic E-state index is 0.125. The van der Waals surface area contributed by atoms with Crippen molar-refractivity contribution in [1.82, 2.24) is 3.56 Å². The van der Waals surface area contributed by atoms with Crippen LogP contribution in [0, 0.1) is 0 Å². The third-order valence-electron chi connectivity index (χ3n) is 1.89. The van der Waals surface area contributed by atoms with Crippen molar-refractivity contribution >= 4 is 36.0 Å². The van der Waals surface area contributed by atoms with E-state index in [9.17, 15) is 4.79 Å². The molecule has 1 heterocycles. The Balaban J connectivity index is 2.85. The molecule has 1 aromatic heterocycles. The second kappa shape index (κ2) is 3.33. The van der Waals surface area contributed by atoms with Gasteiger partial charge >= 0.3 is 86.6 Å². The standard InChI is InChI=1S/C9H8ClNOSe/c1-2-11-9(12)7-5-6(10)3-4-8(7)13-11/h3-5H,2H2,1H3. The zero-order valence-corrected chi connectivity index (χ0v) is 9.55. The van der Waals surface area contributed by atoms with Crippen LogP contribution in [-0.4, -0.2) is 18.3 Å². The van der Waals surface area contributed by atoms with Crippen molar-refractivity contribution in [2.75, 3.05) is 0 Å². The van der Waals surface area contributed by atoms with Crippen LogP contribution in [0.2, 0.25) is 5.02 Å². The molecule has 0 N–H and O–H groups in total. The molecule has 2 aromatic rings. The molecular formula is C9H8ClNOSe. The number of rotatable bonds is 1. The molecule has 0 saturated carbocycles. The molecule has 0 unspecified atom stereocenters. The van der Waals surface area contributed by atoms with Crippen molar-refractivity contribution in [2.24, 2.45) is 0 Å². The van der Waals surface area contributed by atoms with Gasteiger partial charge in [0.05, 0.1) is 0 Å². The number of halogens is 1. The van der Waals surface area contributed by atoms with Crippen molar-refractivity contribution in [2.45, 2.75) is 13.5 Å². The van der Waals surface area contributed by atoms with E-state index < -0.39 is 0 Å². The van der Waals surface area contributed by atoms with E-state index in [4.69, 9.17) is 11.6 Å². The maximum absolute atomic E-state index is 11.7. The van der Waals surface area contributed by atoms with E-state index in [0.717, 1.165) is 16.2 Å². The fourth-order valence-electron chi connectivity index (χ4n) is 1.25. The quantitative estimate of drug-likeness (QED) is 0.716. The van der Waals surface area contributed by atoms with Crippen LogP contribution in [0.25, 0.3) is 9.65 Å². The predicted molar refractivity (Wildman–Crippen MR) is 55.8 cm³/mol. The first-order valence-electron chi connectivity index (χ1n) is 4.01. The van der Waals surface area contributed by atoms with E-state index in [2.05, 4.69) is 0 Å². The molecule has 13 heavy (non-hydrogen) atoms. The van der Waals surface area contributed by atoms with E-state index >= 15 is 0 Å². The van der Waals surface area contributed by atoms with Crippen LogP contribution in [0.3, 0.4) is 0 Å². The van der Waals surface area contributed by atoms with Crippen molar-refractivity contribution in [3.8, 4) is 0 Å². The summed E-state index contributed by atoms with van der Waals surface area (Å²) in [7, 11) is 0. The molecule has 68 valence electrons. The maximum atomic E-state index is 11.7. The van der Waals surface area contributed by atoms with Crippen LogP contribution >= 0.6 is 11.6 Å². The van der Waals surface area contributed by atoms with Crippen LogP contribution in [0.5, 0.6) is 0 Å². The Kier molecular flexibility index (Phi) is 2.33. The molecule has 0 fully saturated rings. The predicted octanol–water partition coefficient (Wildman–Crippen LogP) is 1.73. The summed E-state index contributed by atoms with van der Waals surface area (Å²) in [6.45, 7) is 2.78. The molecule has 0 bridgehead atoms. The monoisotopic (exact) mass is 261 g/mol. The van der Waals surface area contributed by atoms with Gasteiger partial charge in [-0.15, -0.1) is 0 Å². The first-order valence-corrected chi connectivity index (χ1v) is 6.02. The molecule has 0 spiro atoms. The van der Waals surface area contributed by atoms with Crippen LogP contribution < -0.4 is 5.56 Å².